The number of Topliss-reactive ketones (excluding diaryl/α,β-unsaturated/α-hetero) is 1. The van der Waals surface area contributed by atoms with Gasteiger partial charge >= 0.3 is 0 Å². The lowest BCUT2D eigenvalue weighted by molar-refractivity contribution is -0.124. The van der Waals surface area contributed by atoms with Gasteiger partial charge in [0.2, 0.25) is 0 Å². The van der Waals surface area contributed by atoms with E-state index in [1.807, 2.05) is 25.4 Å². The summed E-state index contributed by atoms with van der Waals surface area (Å²) in [4.78, 5) is 25.8. The summed E-state index contributed by atoms with van der Waals surface area (Å²) in [5.74, 6) is -0.124. The van der Waals surface area contributed by atoms with Crippen LogP contribution in [0.1, 0.15) is 79.7 Å². The fraction of sp³-hybridized carbons (Fsp3) is 0.409. The molecule has 2 atom stereocenters. The number of aryl methyl sites for hydroxylation is 3. The molecule has 0 aliphatic carbocycles. The number of dihydropyridines is 1. The van der Waals surface area contributed by atoms with E-state index in [-0.39, 0.29) is 35.4 Å². The number of unbranched alkanes of at least 4 members (excludes halogenated alkanes) is 2. The second kappa shape index (κ2) is 21.9. The van der Waals surface area contributed by atoms with Crippen LogP contribution >= 0.6 is 0 Å². The van der Waals surface area contributed by atoms with Gasteiger partial charge in [-0.1, -0.05) is 74.4 Å². The summed E-state index contributed by atoms with van der Waals surface area (Å²) in [5.41, 5.74) is 13.5. The Kier molecular flexibility index (Phi) is 17.0. The molecule has 4 rings (SSSR count). The number of nitrogens with two attached hydrogens (primary N) is 1. The molecule has 3 aromatic rings. The minimum atomic E-state index is -0.667. The number of ether oxygens (including phenoxy) is 1. The number of aliphatic hydroxyl groups is 2. The zero-order chi connectivity index (χ0) is 38.0. The SMILES string of the molecule is CNCC(C)CCCCCC(=O)CC(=O)C=C(CO)c1cc(OCO)c(O)cc1CC1=CNC(N)C=C1CCc1cccc(CCc2ccccc2)c1. The Morgan fingerprint density at radius 2 is 1.64 bits per heavy atom. The third kappa shape index (κ3) is 13.7. The van der Waals surface area contributed by atoms with Crippen molar-refractivity contribution in [3.05, 3.63) is 124 Å². The number of aliphatic hydroxyl groups excluding tert-OH is 2. The van der Waals surface area contributed by atoms with Gasteiger partial charge < -0.3 is 36.4 Å². The van der Waals surface area contributed by atoms with E-state index in [1.54, 1.807) is 0 Å². The van der Waals surface area contributed by atoms with Crippen LogP contribution in [-0.2, 0) is 35.3 Å². The summed E-state index contributed by atoms with van der Waals surface area (Å²) in [6.45, 7) is 2.02. The number of carbonyl (C=O) groups is 2. The molecule has 9 heteroatoms. The molecule has 0 saturated heterocycles. The molecule has 284 valence electrons. The van der Waals surface area contributed by atoms with Crippen LogP contribution in [0.4, 0.5) is 0 Å². The third-order valence-corrected chi connectivity index (χ3v) is 9.68. The number of nitrogens with one attached hydrogen (secondary N) is 2. The van der Waals surface area contributed by atoms with Crippen molar-refractivity contribution in [3.63, 3.8) is 0 Å². The van der Waals surface area contributed by atoms with Crippen LogP contribution in [0.15, 0.2) is 96.2 Å². The first-order valence-electron chi connectivity index (χ1n) is 18.8. The predicted molar refractivity (Wildman–Crippen MR) is 211 cm³/mol. The van der Waals surface area contributed by atoms with Crippen LogP contribution in [0.25, 0.3) is 5.57 Å². The van der Waals surface area contributed by atoms with Gasteiger partial charge in [-0.15, -0.1) is 0 Å². The standard InChI is InChI=1S/C44H57N3O6/c1-31(27-46-2)10-5-3-8-15-39(50)25-40(51)22-38(29-48)41-26-43(53-30-49)42(52)23-36(41)21-37-28-47-44(45)24-35(37)19-18-34-14-9-13-33(20-34)17-16-32-11-6-4-7-12-32/h4,6-7,9,11-14,20,22-24,26,28,31,44,46-49,52H,3,5,8,10,15-19,21,25,27,29-30,45H2,1-2H3. The van der Waals surface area contributed by atoms with Crippen molar-refractivity contribution in [2.45, 2.75) is 83.7 Å². The van der Waals surface area contributed by atoms with Crippen molar-refractivity contribution in [1.82, 2.24) is 10.6 Å². The summed E-state index contributed by atoms with van der Waals surface area (Å²) in [7, 11) is 1.94. The third-order valence-electron chi connectivity index (χ3n) is 9.68. The van der Waals surface area contributed by atoms with Crippen LogP contribution in [0, 0.1) is 5.92 Å². The van der Waals surface area contributed by atoms with Crippen molar-refractivity contribution in [2.75, 3.05) is 27.0 Å². The number of hydrogen-bond donors (Lipinski definition) is 6. The molecule has 0 aromatic heterocycles. The number of benzene rings is 3. The number of hydrogen-bond acceptors (Lipinski definition) is 9. The zero-order valence-electron chi connectivity index (χ0n) is 31.3. The molecule has 3 aromatic carbocycles. The molecular formula is C44H57N3O6. The van der Waals surface area contributed by atoms with E-state index >= 15 is 0 Å². The maximum atomic E-state index is 13.1. The minimum absolute atomic E-state index is 0.0128. The van der Waals surface area contributed by atoms with Gasteiger partial charge in [0.25, 0.3) is 0 Å². The molecule has 9 nitrogen and oxygen atoms in total. The lowest BCUT2D eigenvalue weighted by Gasteiger charge is -2.23. The smallest absolute Gasteiger partial charge is 0.186 e. The van der Waals surface area contributed by atoms with E-state index in [1.165, 1.54) is 34.9 Å². The lowest BCUT2D eigenvalue weighted by Crippen LogP contribution is -2.35. The molecule has 2 unspecified atom stereocenters. The number of rotatable bonds is 23. The molecule has 0 amide bonds. The van der Waals surface area contributed by atoms with Crippen LogP contribution in [-0.4, -0.2) is 60.0 Å². The van der Waals surface area contributed by atoms with Crippen molar-refractivity contribution in [3.8, 4) is 11.5 Å². The zero-order valence-corrected chi connectivity index (χ0v) is 31.3. The van der Waals surface area contributed by atoms with Crippen LogP contribution in [0.2, 0.25) is 0 Å². The summed E-state index contributed by atoms with van der Waals surface area (Å²) in [5, 5.41) is 37.1. The van der Waals surface area contributed by atoms with Crippen LogP contribution < -0.4 is 21.1 Å². The maximum absolute atomic E-state index is 13.1. The number of ketones is 2. The molecule has 0 saturated carbocycles. The van der Waals surface area contributed by atoms with Gasteiger partial charge in [0.15, 0.2) is 24.1 Å². The van der Waals surface area contributed by atoms with E-state index in [0.29, 0.717) is 29.9 Å². The highest BCUT2D eigenvalue weighted by Gasteiger charge is 2.20. The summed E-state index contributed by atoms with van der Waals surface area (Å²) in [6, 6.07) is 22.2. The fourth-order valence-corrected chi connectivity index (χ4v) is 6.85. The van der Waals surface area contributed by atoms with Crippen molar-refractivity contribution < 1.29 is 29.6 Å². The number of allylic oxidation sites excluding steroid dienone is 3. The van der Waals surface area contributed by atoms with Crippen LogP contribution in [0.5, 0.6) is 11.5 Å². The van der Waals surface area contributed by atoms with Gasteiger partial charge in [-0.3, -0.25) is 9.59 Å². The monoisotopic (exact) mass is 723 g/mol. The quantitative estimate of drug-likeness (QED) is 0.0295. The van der Waals surface area contributed by atoms with Crippen molar-refractivity contribution >= 4 is 17.1 Å². The summed E-state index contributed by atoms with van der Waals surface area (Å²) < 4.78 is 5.25. The first-order valence-corrected chi connectivity index (χ1v) is 18.8. The van der Waals surface area contributed by atoms with Crippen LogP contribution in [0.3, 0.4) is 0 Å². The highest BCUT2D eigenvalue weighted by Crippen LogP contribution is 2.36. The normalized spacial score (nSPS) is 15.0. The maximum Gasteiger partial charge on any atom is 0.186 e. The molecular weight excluding hydrogens is 666 g/mol. The Morgan fingerprint density at radius 3 is 2.36 bits per heavy atom. The molecule has 0 radical (unpaired) electrons. The molecule has 7 N–H and O–H groups in total. The summed E-state index contributed by atoms with van der Waals surface area (Å²) in [6.07, 6.45) is 12.5. The van der Waals surface area contributed by atoms with Gasteiger partial charge in [-0.05, 0) is 133 Å². The molecule has 1 aliphatic rings. The Hall–Kier alpha value is -4.54. The molecule has 1 aliphatic heterocycles. The molecule has 53 heavy (non-hydrogen) atoms. The Morgan fingerprint density at radius 1 is 0.925 bits per heavy atom. The van der Waals surface area contributed by atoms with E-state index in [4.69, 9.17) is 10.5 Å². The summed E-state index contributed by atoms with van der Waals surface area (Å²) >= 11 is 0. The topological polar surface area (TPSA) is 154 Å². The average Bonchev–Trinajstić information content (AvgIpc) is 3.15. The van der Waals surface area contributed by atoms with E-state index in [9.17, 15) is 24.9 Å². The number of phenols is 1. The first-order chi connectivity index (χ1) is 25.7. The van der Waals surface area contributed by atoms with Crippen molar-refractivity contribution in [2.24, 2.45) is 11.7 Å². The van der Waals surface area contributed by atoms with Gasteiger partial charge in [-0.2, -0.15) is 0 Å². The van der Waals surface area contributed by atoms with E-state index in [0.717, 1.165) is 69.1 Å². The second-order valence-corrected chi connectivity index (χ2v) is 14.1. The van der Waals surface area contributed by atoms with E-state index < -0.39 is 19.2 Å². The predicted octanol–water partition coefficient (Wildman–Crippen LogP) is 6.09. The van der Waals surface area contributed by atoms with E-state index in [2.05, 4.69) is 66.1 Å². The van der Waals surface area contributed by atoms with Gasteiger partial charge in [0.1, 0.15) is 5.78 Å². The lowest BCUT2D eigenvalue weighted by atomic mass is 9.88. The Balaban J connectivity index is 1.45. The van der Waals surface area contributed by atoms with Gasteiger partial charge in [0.05, 0.1) is 19.2 Å². The molecule has 0 spiro atoms. The highest BCUT2D eigenvalue weighted by molar-refractivity contribution is 6.07. The number of aromatic hydroxyl groups is 1. The highest BCUT2D eigenvalue weighted by atomic mass is 16.6. The van der Waals surface area contributed by atoms with Gasteiger partial charge in [-0.25, -0.2) is 0 Å². The largest absolute Gasteiger partial charge is 0.504 e. The number of phenolic OH excluding ortho intramolecular Hbond substituents is 1. The Labute approximate surface area is 314 Å². The second-order valence-electron chi connectivity index (χ2n) is 14.1. The average molecular weight is 724 g/mol. The molecule has 1 heterocycles. The Bertz CT molecular complexity index is 1730. The molecule has 0 fully saturated rings. The fourth-order valence-electron chi connectivity index (χ4n) is 6.85. The van der Waals surface area contributed by atoms with Crippen molar-refractivity contribution in [1.29, 1.82) is 0 Å². The van der Waals surface area contributed by atoms with Gasteiger partial charge in [0, 0.05) is 12.6 Å². The number of carbonyl (C=O) groups excluding carboxylic acids is 2. The first kappa shape index (κ1) is 41.2. The molecule has 0 bridgehead atoms. The minimum Gasteiger partial charge on any atom is -0.504 e.